The van der Waals surface area contributed by atoms with Gasteiger partial charge in [0.1, 0.15) is 12.7 Å². The van der Waals surface area contributed by atoms with Crippen molar-refractivity contribution in [2.75, 3.05) is 0 Å². The van der Waals surface area contributed by atoms with Gasteiger partial charge in [0.05, 0.1) is 5.54 Å². The van der Waals surface area contributed by atoms with Crippen LogP contribution in [-0.4, -0.2) is 20.4 Å². The monoisotopic (exact) mass is 342 g/mol. The zero-order chi connectivity index (χ0) is 18.0. The van der Waals surface area contributed by atoms with E-state index in [0.717, 1.165) is 31.2 Å². The number of amides is 1. The number of aryl methyl sites for hydroxylation is 2. The topological polar surface area (TPSA) is 90.1 Å². The lowest BCUT2D eigenvalue weighted by molar-refractivity contribution is -0.389. The van der Waals surface area contributed by atoms with Crippen LogP contribution in [-0.2, 0) is 16.9 Å². The van der Waals surface area contributed by atoms with Gasteiger partial charge in [-0.05, 0) is 35.2 Å². The SMILES string of the molecule is Cc1cccc(C2(NC(=O)Cn3cc([N+](=O)[O-])nc3C)CCCC2)c1. The van der Waals surface area contributed by atoms with Crippen LogP contribution in [0.25, 0.3) is 0 Å². The summed E-state index contributed by atoms with van der Waals surface area (Å²) in [5.74, 6) is 0.0660. The Bertz CT molecular complexity index is 806. The second kappa shape index (κ2) is 6.66. The highest BCUT2D eigenvalue weighted by Crippen LogP contribution is 2.39. The standard InChI is InChI=1S/C18H22N4O3/c1-13-6-5-7-15(10-13)18(8-3-4-9-18)20-17(23)12-21-11-16(22(24)25)19-14(21)2/h5-7,10-11H,3-4,8-9,12H2,1-2H3,(H,20,23). The molecule has 7 nitrogen and oxygen atoms in total. The number of benzene rings is 1. The van der Waals surface area contributed by atoms with Crippen LogP contribution >= 0.6 is 0 Å². The first-order valence-corrected chi connectivity index (χ1v) is 8.46. The molecular formula is C18H22N4O3. The van der Waals surface area contributed by atoms with Gasteiger partial charge in [0.25, 0.3) is 0 Å². The smallest absolute Gasteiger partial charge is 0.358 e. The van der Waals surface area contributed by atoms with Gasteiger partial charge in [0, 0.05) is 6.92 Å². The summed E-state index contributed by atoms with van der Waals surface area (Å²) in [6.07, 6.45) is 5.27. The normalized spacial score (nSPS) is 15.9. The van der Waals surface area contributed by atoms with E-state index in [1.807, 2.05) is 19.1 Å². The summed E-state index contributed by atoms with van der Waals surface area (Å²) >= 11 is 0. The summed E-state index contributed by atoms with van der Waals surface area (Å²) in [6.45, 7) is 3.73. The van der Waals surface area contributed by atoms with Crippen LogP contribution < -0.4 is 5.32 Å². The minimum absolute atomic E-state index is 0.0280. The molecule has 0 atom stereocenters. The number of carbonyl (C=O) groups excluding carboxylic acids is 1. The molecule has 1 aliphatic carbocycles. The highest BCUT2D eigenvalue weighted by atomic mass is 16.6. The van der Waals surface area contributed by atoms with Crippen molar-refractivity contribution in [2.24, 2.45) is 0 Å². The highest BCUT2D eigenvalue weighted by molar-refractivity contribution is 5.77. The molecule has 1 aromatic carbocycles. The van der Waals surface area contributed by atoms with E-state index in [4.69, 9.17) is 0 Å². The molecule has 3 rings (SSSR count). The second-order valence-electron chi connectivity index (χ2n) is 6.74. The Labute approximate surface area is 146 Å². The summed E-state index contributed by atoms with van der Waals surface area (Å²) in [6, 6.07) is 8.24. The summed E-state index contributed by atoms with van der Waals surface area (Å²) < 4.78 is 1.52. The van der Waals surface area contributed by atoms with E-state index in [1.54, 1.807) is 6.92 Å². The van der Waals surface area contributed by atoms with Crippen LogP contribution in [0.3, 0.4) is 0 Å². The number of nitrogens with zero attached hydrogens (tertiary/aromatic N) is 3. The van der Waals surface area contributed by atoms with Crippen molar-refractivity contribution in [2.45, 2.75) is 51.6 Å². The Morgan fingerprint density at radius 2 is 2.08 bits per heavy atom. The maximum atomic E-state index is 12.6. The molecule has 1 aromatic heterocycles. The van der Waals surface area contributed by atoms with Crippen molar-refractivity contribution in [1.29, 1.82) is 0 Å². The van der Waals surface area contributed by atoms with Crippen molar-refractivity contribution in [3.63, 3.8) is 0 Å². The molecule has 2 aromatic rings. The fourth-order valence-corrected chi connectivity index (χ4v) is 3.61. The van der Waals surface area contributed by atoms with Gasteiger partial charge in [0.2, 0.25) is 11.7 Å². The third-order valence-electron chi connectivity index (χ3n) is 4.87. The zero-order valence-corrected chi connectivity index (χ0v) is 14.5. The van der Waals surface area contributed by atoms with Gasteiger partial charge in [-0.15, -0.1) is 0 Å². The van der Waals surface area contributed by atoms with Gasteiger partial charge in [0.15, 0.2) is 0 Å². The van der Waals surface area contributed by atoms with E-state index in [0.29, 0.717) is 5.82 Å². The summed E-state index contributed by atoms with van der Waals surface area (Å²) in [5.41, 5.74) is 1.95. The molecule has 132 valence electrons. The van der Waals surface area contributed by atoms with Gasteiger partial charge in [-0.1, -0.05) is 42.7 Å². The Kier molecular flexibility index (Phi) is 4.57. The van der Waals surface area contributed by atoms with Gasteiger partial charge < -0.3 is 15.4 Å². The second-order valence-corrected chi connectivity index (χ2v) is 6.74. The maximum Gasteiger partial charge on any atom is 0.381 e. The van der Waals surface area contributed by atoms with Crippen molar-refractivity contribution >= 4 is 11.7 Å². The molecule has 25 heavy (non-hydrogen) atoms. The van der Waals surface area contributed by atoms with E-state index < -0.39 is 4.92 Å². The molecule has 1 fully saturated rings. The van der Waals surface area contributed by atoms with Crippen molar-refractivity contribution in [3.05, 3.63) is 57.5 Å². The molecule has 7 heteroatoms. The molecule has 0 aliphatic heterocycles. The van der Waals surface area contributed by atoms with E-state index in [1.165, 1.54) is 16.3 Å². The number of nitrogens with one attached hydrogen (secondary N) is 1. The molecular weight excluding hydrogens is 320 g/mol. The molecule has 1 amide bonds. The minimum atomic E-state index is -0.549. The molecule has 0 unspecified atom stereocenters. The lowest BCUT2D eigenvalue weighted by Gasteiger charge is -2.31. The largest absolute Gasteiger partial charge is 0.381 e. The fraction of sp³-hybridized carbons (Fsp3) is 0.444. The minimum Gasteiger partial charge on any atom is -0.358 e. The van der Waals surface area contributed by atoms with Crippen molar-refractivity contribution in [3.8, 4) is 0 Å². The average Bonchev–Trinajstić information content (AvgIpc) is 3.16. The van der Waals surface area contributed by atoms with Crippen LogP contribution in [0.5, 0.6) is 0 Å². The van der Waals surface area contributed by atoms with Crippen LogP contribution in [0.4, 0.5) is 5.82 Å². The van der Waals surface area contributed by atoms with E-state index in [2.05, 4.69) is 22.4 Å². The molecule has 1 saturated carbocycles. The quantitative estimate of drug-likeness (QED) is 0.668. The Hall–Kier alpha value is -2.70. The van der Waals surface area contributed by atoms with Crippen LogP contribution in [0.2, 0.25) is 0 Å². The Morgan fingerprint density at radius 3 is 2.68 bits per heavy atom. The van der Waals surface area contributed by atoms with Crippen LogP contribution in [0.15, 0.2) is 30.5 Å². The lowest BCUT2D eigenvalue weighted by atomic mass is 9.87. The number of nitro groups is 1. The summed E-state index contributed by atoms with van der Waals surface area (Å²) in [5, 5.41) is 14.0. The third kappa shape index (κ3) is 3.55. The van der Waals surface area contributed by atoms with E-state index >= 15 is 0 Å². The lowest BCUT2D eigenvalue weighted by Crippen LogP contribution is -2.45. The number of hydrogen-bond donors (Lipinski definition) is 1. The molecule has 0 spiro atoms. The predicted octanol–water partition coefficient (Wildman–Crippen LogP) is 2.99. The molecule has 0 radical (unpaired) electrons. The van der Waals surface area contributed by atoms with Crippen LogP contribution in [0.1, 0.15) is 42.6 Å². The third-order valence-corrected chi connectivity index (χ3v) is 4.87. The molecule has 0 saturated heterocycles. The number of imidazole rings is 1. The Balaban J connectivity index is 1.79. The molecule has 1 N–H and O–H groups in total. The van der Waals surface area contributed by atoms with Crippen molar-refractivity contribution in [1.82, 2.24) is 14.9 Å². The molecule has 1 aliphatic rings. The van der Waals surface area contributed by atoms with Gasteiger partial charge in [-0.2, -0.15) is 0 Å². The summed E-state index contributed by atoms with van der Waals surface area (Å²) in [4.78, 5) is 26.8. The first kappa shape index (κ1) is 17.1. The summed E-state index contributed by atoms with van der Waals surface area (Å²) in [7, 11) is 0. The Morgan fingerprint density at radius 1 is 1.36 bits per heavy atom. The highest BCUT2D eigenvalue weighted by Gasteiger charge is 2.37. The number of carbonyl (C=O) groups is 1. The van der Waals surface area contributed by atoms with E-state index in [9.17, 15) is 14.9 Å². The number of aromatic nitrogens is 2. The number of rotatable bonds is 5. The number of hydrogen-bond acceptors (Lipinski definition) is 4. The predicted molar refractivity (Wildman–Crippen MR) is 93.1 cm³/mol. The zero-order valence-electron chi connectivity index (χ0n) is 14.5. The molecule has 0 bridgehead atoms. The van der Waals surface area contributed by atoms with E-state index in [-0.39, 0.29) is 23.8 Å². The fourth-order valence-electron chi connectivity index (χ4n) is 3.61. The average molecular weight is 342 g/mol. The maximum absolute atomic E-state index is 12.6. The molecule has 1 heterocycles. The first-order chi connectivity index (χ1) is 11.9. The first-order valence-electron chi connectivity index (χ1n) is 8.46. The van der Waals surface area contributed by atoms with Gasteiger partial charge in [-0.3, -0.25) is 9.36 Å². The van der Waals surface area contributed by atoms with Gasteiger partial charge in [-0.25, -0.2) is 0 Å². The van der Waals surface area contributed by atoms with Crippen LogP contribution in [0, 0.1) is 24.0 Å². The van der Waals surface area contributed by atoms with Crippen molar-refractivity contribution < 1.29 is 9.72 Å². The van der Waals surface area contributed by atoms with Gasteiger partial charge >= 0.3 is 5.82 Å².